The topological polar surface area (TPSA) is 72.3 Å². The van der Waals surface area contributed by atoms with Gasteiger partial charge >= 0.3 is 0 Å². The fourth-order valence-electron chi connectivity index (χ4n) is 12.3. The Morgan fingerprint density at radius 2 is 0.608 bits per heavy atom. The number of rotatable bonds is 6. The summed E-state index contributed by atoms with van der Waals surface area (Å²) in [5.74, 6) is 1.76. The van der Waals surface area contributed by atoms with Gasteiger partial charge in [0, 0.05) is 49.4 Å². The van der Waals surface area contributed by atoms with Crippen molar-refractivity contribution in [1.29, 1.82) is 5.26 Å². The Morgan fingerprint density at radius 1 is 0.311 bits per heavy atom. The summed E-state index contributed by atoms with van der Waals surface area (Å²) >= 11 is 0. The molecular formula is C68H64N6. The Balaban J connectivity index is 1.36. The maximum Gasteiger partial charge on any atom is 0.164 e. The predicted octanol–water partition coefficient (Wildman–Crippen LogP) is 17.5. The SMILES string of the molecule is Cc1c(C)c(C)c2c(c1C)c1c(C)c(C)c(C)c(C)c1n2-c1ccc(C#N)cc1-c1cc(-c2nc(-c3ccccc3)nc(-c3ccccc3)n2)ccc1-n1c2c(C)c(C)c(C)c(C)c2c2c(C)c(C)c(C)c(C)c21. The van der Waals surface area contributed by atoms with E-state index in [9.17, 15) is 5.26 Å². The Bertz CT molecular complexity index is 4080. The van der Waals surface area contributed by atoms with Crippen LogP contribution in [0.15, 0.2) is 97.1 Å². The van der Waals surface area contributed by atoms with Gasteiger partial charge in [-0.15, -0.1) is 0 Å². The first-order valence-corrected chi connectivity index (χ1v) is 26.0. The third-order valence-corrected chi connectivity index (χ3v) is 17.9. The van der Waals surface area contributed by atoms with Gasteiger partial charge in [-0.25, -0.2) is 15.0 Å². The standard InChI is InChI=1S/C68H64N6/c1-34-38(5)46(13)62-58(42(34)9)59-43(10)35(2)39(6)47(14)63(59)73(62)56-29-27-50(33-69)31-54(56)55-32-53(68-71-66(51-23-19-17-20-24-51)70-67(72-68)52-25-21-18-22-26-52)28-30-57(55)74-64-48(15)40(7)36(3)44(11)60(64)61-45(12)37(4)41(8)49(16)65(61)74/h17-32H,1-16H3. The van der Waals surface area contributed by atoms with Crippen molar-refractivity contribution in [1.82, 2.24) is 24.1 Å². The van der Waals surface area contributed by atoms with E-state index in [-0.39, 0.29) is 0 Å². The minimum Gasteiger partial charge on any atom is -0.308 e. The van der Waals surface area contributed by atoms with E-state index in [1.165, 1.54) is 133 Å². The summed E-state index contributed by atoms with van der Waals surface area (Å²) in [5.41, 5.74) is 32.6. The van der Waals surface area contributed by atoms with Gasteiger partial charge in [0.2, 0.25) is 0 Å². The predicted molar refractivity (Wildman–Crippen MR) is 311 cm³/mol. The molecule has 6 nitrogen and oxygen atoms in total. The molecule has 11 rings (SSSR count). The van der Waals surface area contributed by atoms with Crippen LogP contribution in [-0.4, -0.2) is 24.1 Å². The molecule has 0 fully saturated rings. The maximum absolute atomic E-state index is 11.0. The number of nitrogens with zero attached hydrogens (tertiary/aromatic N) is 6. The number of aryl methyl sites for hydroxylation is 8. The molecule has 0 saturated heterocycles. The molecule has 366 valence electrons. The van der Waals surface area contributed by atoms with Crippen LogP contribution in [0.25, 0.3) is 100 Å². The molecule has 0 aliphatic carbocycles. The summed E-state index contributed by atoms with van der Waals surface area (Å²) in [4.78, 5) is 15.7. The summed E-state index contributed by atoms with van der Waals surface area (Å²) in [6, 6.07) is 36.0. The Labute approximate surface area is 436 Å². The minimum atomic E-state index is 0.565. The molecule has 0 saturated carbocycles. The highest BCUT2D eigenvalue weighted by Gasteiger charge is 2.30. The largest absolute Gasteiger partial charge is 0.308 e. The summed E-state index contributed by atoms with van der Waals surface area (Å²) in [6.45, 7) is 36.5. The second kappa shape index (κ2) is 17.5. The third kappa shape index (κ3) is 6.86. The lowest BCUT2D eigenvalue weighted by Gasteiger charge is -2.23. The summed E-state index contributed by atoms with van der Waals surface area (Å²) in [7, 11) is 0. The van der Waals surface area contributed by atoms with E-state index in [4.69, 9.17) is 15.0 Å². The Morgan fingerprint density at radius 3 is 0.946 bits per heavy atom. The highest BCUT2D eigenvalue weighted by Crippen LogP contribution is 2.49. The van der Waals surface area contributed by atoms with Crippen LogP contribution in [0.4, 0.5) is 0 Å². The smallest absolute Gasteiger partial charge is 0.164 e. The molecule has 74 heavy (non-hydrogen) atoms. The van der Waals surface area contributed by atoms with E-state index in [1.807, 2.05) is 42.5 Å². The molecule has 3 heterocycles. The van der Waals surface area contributed by atoms with Crippen molar-refractivity contribution in [2.75, 3.05) is 0 Å². The minimum absolute atomic E-state index is 0.565. The lowest BCUT2D eigenvalue weighted by atomic mass is 9.90. The second-order valence-electron chi connectivity index (χ2n) is 21.2. The van der Waals surface area contributed by atoms with Crippen LogP contribution in [-0.2, 0) is 0 Å². The lowest BCUT2D eigenvalue weighted by molar-refractivity contribution is 1.07. The molecule has 8 aromatic carbocycles. The van der Waals surface area contributed by atoms with Gasteiger partial charge in [0.15, 0.2) is 17.5 Å². The van der Waals surface area contributed by atoms with E-state index in [1.54, 1.807) is 0 Å². The van der Waals surface area contributed by atoms with Gasteiger partial charge in [-0.2, -0.15) is 5.26 Å². The monoisotopic (exact) mass is 965 g/mol. The number of nitriles is 1. The maximum atomic E-state index is 11.0. The van der Waals surface area contributed by atoms with Gasteiger partial charge in [-0.3, -0.25) is 0 Å². The van der Waals surface area contributed by atoms with Gasteiger partial charge in [-0.1, -0.05) is 60.7 Å². The van der Waals surface area contributed by atoms with Crippen LogP contribution in [0, 0.1) is 122 Å². The van der Waals surface area contributed by atoms with E-state index in [0.717, 1.165) is 39.2 Å². The van der Waals surface area contributed by atoms with Crippen molar-refractivity contribution >= 4 is 43.6 Å². The lowest BCUT2D eigenvalue weighted by Crippen LogP contribution is -2.07. The van der Waals surface area contributed by atoms with Gasteiger partial charge in [0.1, 0.15) is 0 Å². The average molecular weight is 965 g/mol. The van der Waals surface area contributed by atoms with Crippen molar-refractivity contribution in [2.24, 2.45) is 0 Å². The van der Waals surface area contributed by atoms with Crippen molar-refractivity contribution in [3.05, 3.63) is 192 Å². The second-order valence-corrected chi connectivity index (χ2v) is 21.2. The number of aromatic nitrogens is 5. The quantitative estimate of drug-likeness (QED) is 0.166. The van der Waals surface area contributed by atoms with Crippen molar-refractivity contribution in [3.63, 3.8) is 0 Å². The Kier molecular flexibility index (Phi) is 11.4. The first-order chi connectivity index (χ1) is 35.4. The molecule has 0 spiro atoms. The fourth-order valence-corrected chi connectivity index (χ4v) is 12.3. The first kappa shape index (κ1) is 48.1. The first-order valence-electron chi connectivity index (χ1n) is 26.0. The molecule has 0 unspecified atom stereocenters. The normalized spacial score (nSPS) is 11.8. The van der Waals surface area contributed by atoms with Gasteiger partial charge < -0.3 is 9.13 Å². The molecule has 6 heteroatoms. The van der Waals surface area contributed by atoms with Crippen molar-refractivity contribution < 1.29 is 0 Å². The Hall–Kier alpha value is -8.14. The summed E-state index contributed by atoms with van der Waals surface area (Å²) < 4.78 is 5.11. The van der Waals surface area contributed by atoms with Crippen LogP contribution < -0.4 is 0 Å². The van der Waals surface area contributed by atoms with Crippen LogP contribution in [0.1, 0.15) is 94.6 Å². The molecule has 0 aliphatic rings. The highest BCUT2D eigenvalue weighted by atomic mass is 15.0. The molecular weight excluding hydrogens is 901 g/mol. The molecule has 3 aromatic heterocycles. The number of fused-ring (bicyclic) bond motifs is 6. The van der Waals surface area contributed by atoms with E-state index < -0.39 is 0 Å². The van der Waals surface area contributed by atoms with E-state index >= 15 is 0 Å². The van der Waals surface area contributed by atoms with Gasteiger partial charge in [0.25, 0.3) is 0 Å². The van der Waals surface area contributed by atoms with E-state index in [0.29, 0.717) is 23.0 Å². The van der Waals surface area contributed by atoms with Crippen molar-refractivity contribution in [3.8, 4) is 62.7 Å². The van der Waals surface area contributed by atoms with Crippen LogP contribution in [0.2, 0.25) is 0 Å². The average Bonchev–Trinajstić information content (AvgIpc) is 4.01. The fraction of sp³-hybridized carbons (Fsp3) is 0.235. The van der Waals surface area contributed by atoms with Crippen LogP contribution in [0.5, 0.6) is 0 Å². The van der Waals surface area contributed by atoms with Crippen molar-refractivity contribution in [2.45, 2.75) is 111 Å². The molecule has 0 aliphatic heterocycles. The van der Waals surface area contributed by atoms with Gasteiger partial charge in [0.05, 0.1) is 45.1 Å². The number of hydrogen-bond acceptors (Lipinski definition) is 4. The summed E-state index contributed by atoms with van der Waals surface area (Å²) in [6.07, 6.45) is 0. The zero-order valence-electron chi connectivity index (χ0n) is 45.9. The molecule has 0 bridgehead atoms. The van der Waals surface area contributed by atoms with E-state index in [2.05, 4.69) is 181 Å². The number of hydrogen-bond donors (Lipinski definition) is 0. The highest BCUT2D eigenvalue weighted by molar-refractivity contribution is 6.18. The molecule has 0 atom stereocenters. The van der Waals surface area contributed by atoms with Crippen LogP contribution >= 0.6 is 0 Å². The molecule has 0 radical (unpaired) electrons. The summed E-state index contributed by atoms with van der Waals surface area (Å²) in [5, 5.41) is 16.1. The third-order valence-electron chi connectivity index (χ3n) is 17.9. The zero-order valence-corrected chi connectivity index (χ0v) is 45.9. The molecule has 0 amide bonds. The van der Waals surface area contributed by atoms with Crippen LogP contribution in [0.3, 0.4) is 0 Å². The zero-order chi connectivity index (χ0) is 52.5. The molecule has 11 aromatic rings. The van der Waals surface area contributed by atoms with Gasteiger partial charge in [-0.05, 0) is 236 Å². The number of benzene rings is 8. The molecule has 0 N–H and O–H groups in total.